The minimum atomic E-state index is -4.44. The van der Waals surface area contributed by atoms with E-state index in [9.17, 15) is 18.0 Å². The zero-order valence-corrected chi connectivity index (χ0v) is 9.58. The molecule has 0 fully saturated rings. The zero-order chi connectivity index (χ0) is 13.8. The van der Waals surface area contributed by atoms with E-state index in [1.807, 2.05) is 0 Å². The van der Waals surface area contributed by atoms with E-state index in [1.54, 1.807) is 0 Å². The first-order chi connectivity index (χ1) is 8.30. The number of alkyl halides is 3. The van der Waals surface area contributed by atoms with Gasteiger partial charge in [0.2, 0.25) is 0 Å². The second-order valence-corrected chi connectivity index (χ2v) is 3.73. The summed E-state index contributed by atoms with van der Waals surface area (Å²) >= 11 is 0. The van der Waals surface area contributed by atoms with Gasteiger partial charge in [0.25, 0.3) is 0 Å². The molecule has 1 aromatic rings. The Morgan fingerprint density at radius 2 is 2.00 bits per heavy atom. The molecule has 0 bridgehead atoms. The van der Waals surface area contributed by atoms with Gasteiger partial charge < -0.3 is 10.4 Å². The minimum Gasteiger partial charge on any atom is -0.478 e. The molecule has 0 aromatic heterocycles. The maximum absolute atomic E-state index is 12.6. The molecule has 0 aliphatic carbocycles. The molecule has 3 nitrogen and oxygen atoms in total. The smallest absolute Gasteiger partial charge is 0.418 e. The second kappa shape index (κ2) is 5.57. The number of benzene rings is 1. The Balaban J connectivity index is 2.83. The molecule has 2 N–H and O–H groups in total. The molecular weight excluding hydrogens is 247 g/mol. The van der Waals surface area contributed by atoms with Crippen molar-refractivity contribution < 1.29 is 23.1 Å². The number of aliphatic carboxylic acids is 1. The van der Waals surface area contributed by atoms with Gasteiger partial charge in [-0.2, -0.15) is 13.2 Å². The van der Waals surface area contributed by atoms with E-state index in [1.165, 1.54) is 25.1 Å². The first-order valence-electron chi connectivity index (χ1n) is 5.11. The van der Waals surface area contributed by atoms with Crippen LogP contribution < -0.4 is 5.32 Å². The molecule has 1 rings (SSSR count). The van der Waals surface area contributed by atoms with Crippen molar-refractivity contribution in [1.29, 1.82) is 0 Å². The lowest BCUT2D eigenvalue weighted by Crippen LogP contribution is -2.12. The Kier molecular flexibility index (Phi) is 4.36. The van der Waals surface area contributed by atoms with Crippen LogP contribution in [0.2, 0.25) is 0 Å². The predicted molar refractivity (Wildman–Crippen MR) is 61.3 cm³/mol. The molecule has 0 radical (unpaired) electrons. The molecular formula is C12H12F3NO2. The number of rotatable bonds is 4. The molecule has 6 heteroatoms. The van der Waals surface area contributed by atoms with Gasteiger partial charge in [-0.25, -0.2) is 4.79 Å². The molecule has 98 valence electrons. The summed E-state index contributed by atoms with van der Waals surface area (Å²) in [6, 6.07) is 5.05. The van der Waals surface area contributed by atoms with E-state index >= 15 is 0 Å². The molecule has 0 saturated carbocycles. The maximum Gasteiger partial charge on any atom is 0.418 e. The van der Waals surface area contributed by atoms with Gasteiger partial charge in [-0.3, -0.25) is 0 Å². The van der Waals surface area contributed by atoms with Crippen LogP contribution in [-0.2, 0) is 11.0 Å². The van der Waals surface area contributed by atoms with Crippen molar-refractivity contribution in [1.82, 2.24) is 0 Å². The van der Waals surface area contributed by atoms with Gasteiger partial charge in [0, 0.05) is 18.3 Å². The summed E-state index contributed by atoms with van der Waals surface area (Å²) in [5, 5.41) is 11.1. The average Bonchev–Trinajstić information content (AvgIpc) is 2.24. The number of nitrogens with one attached hydrogen (secondary N) is 1. The molecule has 0 aliphatic rings. The Hall–Kier alpha value is -1.98. The fourth-order valence-corrected chi connectivity index (χ4v) is 1.38. The van der Waals surface area contributed by atoms with Crippen LogP contribution in [-0.4, -0.2) is 17.6 Å². The Labute approximate surface area is 102 Å². The highest BCUT2D eigenvalue weighted by molar-refractivity contribution is 5.80. The highest BCUT2D eigenvalue weighted by Gasteiger charge is 2.32. The van der Waals surface area contributed by atoms with Crippen molar-refractivity contribution in [3.63, 3.8) is 0 Å². The summed E-state index contributed by atoms with van der Waals surface area (Å²) in [5.74, 6) is -1.13. The Morgan fingerprint density at radius 3 is 2.56 bits per heavy atom. The third-order valence-corrected chi connectivity index (χ3v) is 2.16. The van der Waals surface area contributed by atoms with Crippen LogP contribution in [0.4, 0.5) is 18.9 Å². The number of hydrogen-bond acceptors (Lipinski definition) is 2. The van der Waals surface area contributed by atoms with Crippen LogP contribution in [0.15, 0.2) is 35.9 Å². The van der Waals surface area contributed by atoms with Crippen molar-refractivity contribution in [3.8, 4) is 0 Å². The Bertz CT molecular complexity index is 467. The van der Waals surface area contributed by atoms with Crippen LogP contribution in [0.3, 0.4) is 0 Å². The fourth-order valence-electron chi connectivity index (χ4n) is 1.38. The van der Waals surface area contributed by atoms with Crippen molar-refractivity contribution in [2.24, 2.45) is 0 Å². The van der Waals surface area contributed by atoms with Gasteiger partial charge in [-0.1, -0.05) is 12.1 Å². The van der Waals surface area contributed by atoms with Gasteiger partial charge in [-0.05, 0) is 24.6 Å². The second-order valence-electron chi connectivity index (χ2n) is 3.73. The third kappa shape index (κ3) is 4.12. The number of carboxylic acid groups (broad SMARTS) is 1. The van der Waals surface area contributed by atoms with Crippen molar-refractivity contribution in [2.75, 3.05) is 11.9 Å². The molecule has 0 saturated heterocycles. The summed E-state index contributed by atoms with van der Waals surface area (Å²) in [7, 11) is 0. The van der Waals surface area contributed by atoms with Crippen LogP contribution in [0.25, 0.3) is 0 Å². The number of hydrogen-bond donors (Lipinski definition) is 2. The van der Waals surface area contributed by atoms with Crippen molar-refractivity contribution >= 4 is 11.7 Å². The van der Waals surface area contributed by atoms with Crippen molar-refractivity contribution in [3.05, 3.63) is 41.5 Å². The molecule has 0 heterocycles. The van der Waals surface area contributed by atoms with Crippen LogP contribution in [0, 0.1) is 0 Å². The maximum atomic E-state index is 12.6. The van der Waals surface area contributed by atoms with E-state index in [-0.39, 0.29) is 12.2 Å². The number of para-hydroxylation sites is 1. The number of carbonyl (C=O) groups is 1. The predicted octanol–water partition coefficient (Wildman–Crippen LogP) is 3.15. The molecule has 0 spiro atoms. The Morgan fingerprint density at radius 1 is 1.39 bits per heavy atom. The molecule has 0 aliphatic heterocycles. The average molecular weight is 259 g/mol. The first kappa shape index (κ1) is 14.1. The molecule has 1 aromatic carbocycles. The SMILES string of the molecule is C/C(=C/C(=O)O)CNc1ccccc1C(F)(F)F. The molecule has 0 amide bonds. The molecule has 18 heavy (non-hydrogen) atoms. The van der Waals surface area contributed by atoms with Gasteiger partial charge in [-0.15, -0.1) is 0 Å². The number of halogens is 3. The summed E-state index contributed by atoms with van der Waals surface area (Å²) in [5.41, 5.74) is -0.407. The lowest BCUT2D eigenvalue weighted by Gasteiger charge is -2.14. The highest BCUT2D eigenvalue weighted by Crippen LogP contribution is 2.34. The van der Waals surface area contributed by atoms with Crippen LogP contribution in [0.1, 0.15) is 12.5 Å². The van der Waals surface area contributed by atoms with E-state index in [2.05, 4.69) is 5.32 Å². The van der Waals surface area contributed by atoms with Crippen LogP contribution in [0.5, 0.6) is 0 Å². The van der Waals surface area contributed by atoms with E-state index in [0.29, 0.717) is 5.57 Å². The number of carboxylic acids is 1. The largest absolute Gasteiger partial charge is 0.478 e. The fraction of sp³-hybridized carbons (Fsp3) is 0.250. The summed E-state index contributed by atoms with van der Waals surface area (Å²) in [6.07, 6.45) is -3.49. The lowest BCUT2D eigenvalue weighted by molar-refractivity contribution is -0.137. The van der Waals surface area contributed by atoms with Gasteiger partial charge in [0.15, 0.2) is 0 Å². The minimum absolute atomic E-state index is 0.0411. The van der Waals surface area contributed by atoms with Crippen LogP contribution >= 0.6 is 0 Å². The lowest BCUT2D eigenvalue weighted by atomic mass is 10.1. The monoisotopic (exact) mass is 259 g/mol. The van der Waals surface area contributed by atoms with E-state index in [0.717, 1.165) is 12.1 Å². The van der Waals surface area contributed by atoms with Gasteiger partial charge >= 0.3 is 12.1 Å². The van der Waals surface area contributed by atoms with Gasteiger partial charge in [0.1, 0.15) is 0 Å². The summed E-state index contributed by atoms with van der Waals surface area (Å²) < 4.78 is 37.9. The van der Waals surface area contributed by atoms with Crippen molar-refractivity contribution in [2.45, 2.75) is 13.1 Å². The summed E-state index contributed by atoms with van der Waals surface area (Å²) in [4.78, 5) is 10.4. The highest BCUT2D eigenvalue weighted by atomic mass is 19.4. The quantitative estimate of drug-likeness (QED) is 0.816. The normalized spacial score (nSPS) is 12.3. The number of anilines is 1. The molecule has 0 atom stereocenters. The van der Waals surface area contributed by atoms with E-state index < -0.39 is 17.7 Å². The molecule has 0 unspecified atom stereocenters. The summed E-state index contributed by atoms with van der Waals surface area (Å²) in [6.45, 7) is 1.57. The van der Waals surface area contributed by atoms with E-state index in [4.69, 9.17) is 5.11 Å². The zero-order valence-electron chi connectivity index (χ0n) is 9.58. The third-order valence-electron chi connectivity index (χ3n) is 2.16. The van der Waals surface area contributed by atoms with Gasteiger partial charge in [0.05, 0.1) is 5.56 Å². The topological polar surface area (TPSA) is 49.3 Å². The first-order valence-corrected chi connectivity index (χ1v) is 5.11. The standard InChI is InChI=1S/C12H12F3NO2/c1-8(6-11(17)18)7-16-10-5-3-2-4-9(10)12(13,14)15/h2-6,16H,7H2,1H3,(H,17,18)/b8-6-.